The lowest BCUT2D eigenvalue weighted by Gasteiger charge is -2.30. The first-order valence-electron chi connectivity index (χ1n) is 6.35. The van der Waals surface area contributed by atoms with Gasteiger partial charge in [0.1, 0.15) is 5.82 Å². The number of rotatable bonds is 3. The van der Waals surface area contributed by atoms with Crippen molar-refractivity contribution in [2.45, 2.75) is 18.9 Å². The van der Waals surface area contributed by atoms with Crippen LogP contribution in [0.25, 0.3) is 0 Å². The van der Waals surface area contributed by atoms with Crippen LogP contribution in [-0.4, -0.2) is 36.5 Å². The maximum absolute atomic E-state index is 13.0. The second-order valence-corrected chi connectivity index (χ2v) is 4.69. The summed E-state index contributed by atoms with van der Waals surface area (Å²) in [6.07, 6.45) is 1.64. The molecule has 0 spiro atoms. The van der Waals surface area contributed by atoms with Gasteiger partial charge in [-0.25, -0.2) is 4.39 Å². The Morgan fingerprint density at radius 2 is 2.21 bits per heavy atom. The molecule has 1 aromatic rings. The van der Waals surface area contributed by atoms with E-state index in [1.807, 2.05) is 0 Å². The first-order chi connectivity index (χ1) is 9.19. The van der Waals surface area contributed by atoms with Crippen LogP contribution in [0.5, 0.6) is 0 Å². The van der Waals surface area contributed by atoms with Crippen molar-refractivity contribution in [1.29, 1.82) is 5.26 Å². The molecule has 0 bridgehead atoms. The average Bonchev–Trinajstić information content (AvgIpc) is 2.41. The highest BCUT2D eigenvalue weighted by molar-refractivity contribution is 5.94. The highest BCUT2D eigenvalue weighted by Gasteiger charge is 2.20. The van der Waals surface area contributed by atoms with Crippen molar-refractivity contribution in [3.8, 4) is 6.07 Å². The van der Waals surface area contributed by atoms with E-state index in [-0.39, 0.29) is 11.9 Å². The summed E-state index contributed by atoms with van der Waals surface area (Å²) in [5.41, 5.74) is 0.347. The molecule has 100 valence electrons. The average molecular weight is 261 g/mol. The van der Waals surface area contributed by atoms with Crippen LogP contribution in [0, 0.1) is 17.1 Å². The van der Waals surface area contributed by atoms with Gasteiger partial charge >= 0.3 is 0 Å². The Morgan fingerprint density at radius 1 is 1.47 bits per heavy atom. The van der Waals surface area contributed by atoms with Crippen LogP contribution in [0.1, 0.15) is 23.2 Å². The Labute approximate surface area is 111 Å². The van der Waals surface area contributed by atoms with Crippen LogP contribution in [0.2, 0.25) is 0 Å². The molecule has 2 rings (SSSR count). The van der Waals surface area contributed by atoms with Crippen molar-refractivity contribution in [1.82, 2.24) is 10.2 Å². The molecule has 1 aromatic carbocycles. The number of likely N-dealkylation sites (tertiary alicyclic amines) is 1. The summed E-state index contributed by atoms with van der Waals surface area (Å²) in [5, 5.41) is 11.5. The molecule has 0 aromatic heterocycles. The summed E-state index contributed by atoms with van der Waals surface area (Å²) in [5.74, 6) is -0.644. The molecule has 0 radical (unpaired) electrons. The zero-order valence-electron chi connectivity index (χ0n) is 10.6. The first-order valence-corrected chi connectivity index (χ1v) is 6.35. The maximum atomic E-state index is 13.0. The van der Waals surface area contributed by atoms with Crippen LogP contribution in [0.15, 0.2) is 24.3 Å². The van der Waals surface area contributed by atoms with E-state index >= 15 is 0 Å². The number of nitriles is 1. The summed E-state index contributed by atoms with van der Waals surface area (Å²) in [4.78, 5) is 14.0. The molecule has 1 N–H and O–H groups in total. The standard InChI is InChI=1S/C14H16FN3O/c15-12-3-1-2-11(10-12)14(19)17-13-4-7-18(8-5-13)9-6-16/h1-3,10,13H,4-5,7-9H2,(H,17,19). The highest BCUT2D eigenvalue weighted by Crippen LogP contribution is 2.11. The summed E-state index contributed by atoms with van der Waals surface area (Å²) < 4.78 is 13.0. The zero-order valence-corrected chi connectivity index (χ0v) is 10.6. The molecule has 19 heavy (non-hydrogen) atoms. The second kappa shape index (κ2) is 6.30. The third-order valence-electron chi connectivity index (χ3n) is 3.30. The number of hydrogen-bond donors (Lipinski definition) is 1. The topological polar surface area (TPSA) is 56.1 Å². The Hall–Kier alpha value is -1.93. The van der Waals surface area contributed by atoms with Crippen molar-refractivity contribution in [2.75, 3.05) is 19.6 Å². The lowest BCUT2D eigenvalue weighted by molar-refractivity contribution is 0.0914. The minimum atomic E-state index is -0.406. The van der Waals surface area contributed by atoms with Crippen LogP contribution < -0.4 is 5.32 Å². The quantitative estimate of drug-likeness (QED) is 0.840. The number of halogens is 1. The molecule has 1 aliphatic heterocycles. The van der Waals surface area contributed by atoms with Gasteiger partial charge in [-0.1, -0.05) is 6.07 Å². The van der Waals surface area contributed by atoms with Gasteiger partial charge in [-0.2, -0.15) is 5.26 Å². The number of piperidine rings is 1. The molecule has 4 nitrogen and oxygen atoms in total. The summed E-state index contributed by atoms with van der Waals surface area (Å²) in [7, 11) is 0. The third kappa shape index (κ3) is 3.76. The Balaban J connectivity index is 1.86. The fourth-order valence-electron chi connectivity index (χ4n) is 2.23. The molecule has 0 saturated carbocycles. The fraction of sp³-hybridized carbons (Fsp3) is 0.429. The number of nitrogens with one attached hydrogen (secondary N) is 1. The number of hydrogen-bond acceptors (Lipinski definition) is 3. The molecule has 1 aliphatic rings. The van der Waals surface area contributed by atoms with E-state index in [9.17, 15) is 9.18 Å². The number of amides is 1. The largest absolute Gasteiger partial charge is 0.349 e. The van der Waals surface area contributed by atoms with Gasteiger partial charge in [-0.15, -0.1) is 0 Å². The predicted octanol–water partition coefficient (Wildman–Crippen LogP) is 1.54. The molecular weight excluding hydrogens is 245 g/mol. The van der Waals surface area contributed by atoms with E-state index in [0.717, 1.165) is 25.9 Å². The van der Waals surface area contributed by atoms with Gasteiger partial charge in [0.15, 0.2) is 0 Å². The molecule has 0 aliphatic carbocycles. The summed E-state index contributed by atoms with van der Waals surface area (Å²) >= 11 is 0. The monoisotopic (exact) mass is 261 g/mol. The third-order valence-corrected chi connectivity index (χ3v) is 3.30. The van der Waals surface area contributed by atoms with Crippen molar-refractivity contribution in [2.24, 2.45) is 0 Å². The Kier molecular flexibility index (Phi) is 4.48. The number of nitrogens with zero attached hydrogens (tertiary/aromatic N) is 2. The van der Waals surface area contributed by atoms with Crippen molar-refractivity contribution >= 4 is 5.91 Å². The van der Waals surface area contributed by atoms with Crippen LogP contribution >= 0.6 is 0 Å². The molecule has 1 amide bonds. The molecule has 5 heteroatoms. The highest BCUT2D eigenvalue weighted by atomic mass is 19.1. The zero-order chi connectivity index (χ0) is 13.7. The van der Waals surface area contributed by atoms with Gasteiger partial charge < -0.3 is 5.32 Å². The van der Waals surface area contributed by atoms with E-state index < -0.39 is 5.82 Å². The molecule has 1 fully saturated rings. The lowest BCUT2D eigenvalue weighted by Crippen LogP contribution is -2.44. The first kappa shape index (κ1) is 13.5. The van der Waals surface area contributed by atoms with Crippen LogP contribution in [-0.2, 0) is 0 Å². The molecular formula is C14H16FN3O. The molecule has 1 saturated heterocycles. The molecule has 0 unspecified atom stereocenters. The minimum absolute atomic E-state index is 0.103. The van der Waals surface area contributed by atoms with E-state index in [1.165, 1.54) is 18.2 Å². The Morgan fingerprint density at radius 3 is 2.84 bits per heavy atom. The molecule has 1 heterocycles. The predicted molar refractivity (Wildman–Crippen MR) is 68.9 cm³/mol. The minimum Gasteiger partial charge on any atom is -0.349 e. The van der Waals surface area contributed by atoms with Gasteiger partial charge in [0.2, 0.25) is 0 Å². The van der Waals surface area contributed by atoms with Crippen molar-refractivity contribution < 1.29 is 9.18 Å². The Bertz CT molecular complexity index is 490. The summed E-state index contributed by atoms with van der Waals surface area (Å²) in [6, 6.07) is 7.91. The van der Waals surface area contributed by atoms with Gasteiger partial charge in [-0.05, 0) is 31.0 Å². The van der Waals surface area contributed by atoms with Gasteiger partial charge in [0.05, 0.1) is 12.6 Å². The van der Waals surface area contributed by atoms with Crippen LogP contribution in [0.4, 0.5) is 4.39 Å². The SMILES string of the molecule is N#CCN1CCC(NC(=O)c2cccc(F)c2)CC1. The molecule has 0 atom stereocenters. The maximum Gasteiger partial charge on any atom is 0.251 e. The van der Waals surface area contributed by atoms with E-state index in [0.29, 0.717) is 12.1 Å². The fourth-order valence-corrected chi connectivity index (χ4v) is 2.23. The summed E-state index contributed by atoms with van der Waals surface area (Å²) in [6.45, 7) is 2.05. The van der Waals surface area contributed by atoms with Gasteiger partial charge in [0.25, 0.3) is 5.91 Å². The van der Waals surface area contributed by atoms with E-state index in [2.05, 4.69) is 16.3 Å². The smallest absolute Gasteiger partial charge is 0.251 e. The van der Waals surface area contributed by atoms with Crippen LogP contribution in [0.3, 0.4) is 0 Å². The van der Waals surface area contributed by atoms with Gasteiger partial charge in [0, 0.05) is 24.7 Å². The number of carbonyl (C=O) groups is 1. The normalized spacial score (nSPS) is 16.8. The van der Waals surface area contributed by atoms with Gasteiger partial charge in [-0.3, -0.25) is 9.69 Å². The number of carbonyl (C=O) groups excluding carboxylic acids is 1. The van der Waals surface area contributed by atoms with Crippen molar-refractivity contribution in [3.63, 3.8) is 0 Å². The van der Waals surface area contributed by atoms with E-state index in [4.69, 9.17) is 5.26 Å². The second-order valence-electron chi connectivity index (χ2n) is 4.69. The van der Waals surface area contributed by atoms with Crippen molar-refractivity contribution in [3.05, 3.63) is 35.6 Å². The number of benzene rings is 1. The van der Waals surface area contributed by atoms with E-state index in [1.54, 1.807) is 6.07 Å². The lowest BCUT2D eigenvalue weighted by atomic mass is 10.0.